The highest BCUT2D eigenvalue weighted by molar-refractivity contribution is 5.81. The average molecular weight is 346 g/mol. The van der Waals surface area contributed by atoms with Crippen LogP contribution < -0.4 is 0 Å². The molecule has 0 amide bonds. The van der Waals surface area contributed by atoms with Crippen molar-refractivity contribution in [2.75, 3.05) is 0 Å². The van der Waals surface area contributed by atoms with Gasteiger partial charge >= 0.3 is 0 Å². The molecule has 0 saturated heterocycles. The van der Waals surface area contributed by atoms with E-state index in [2.05, 4.69) is 88.3 Å². The first-order chi connectivity index (χ1) is 10.9. The number of phenols is 1. The first kappa shape index (κ1) is 21.7. The summed E-state index contributed by atoms with van der Waals surface area (Å²) in [5.74, 6) is 0.422. The second-order valence-corrected chi connectivity index (χ2v) is 11.3. The Bertz CT molecular complexity index is 597. The molecule has 0 aliphatic rings. The molecule has 0 radical (unpaired) electrons. The normalized spacial score (nSPS) is 14.4. The second kappa shape index (κ2) is 6.78. The fourth-order valence-electron chi connectivity index (χ4n) is 3.47. The Morgan fingerprint density at radius 3 is 1.52 bits per heavy atom. The Labute approximate surface area is 155 Å². The van der Waals surface area contributed by atoms with Crippen molar-refractivity contribution in [1.29, 1.82) is 0 Å². The molecule has 0 bridgehead atoms. The third kappa shape index (κ3) is 6.49. The van der Waals surface area contributed by atoms with E-state index < -0.39 is 0 Å². The summed E-state index contributed by atoms with van der Waals surface area (Å²) < 4.78 is 0. The van der Waals surface area contributed by atoms with Crippen LogP contribution in [-0.2, 0) is 10.8 Å². The molecular weight excluding hydrogens is 306 g/mol. The van der Waals surface area contributed by atoms with E-state index in [0.717, 1.165) is 23.1 Å². The molecule has 0 fully saturated rings. The molecule has 0 aromatic heterocycles. The lowest BCUT2D eigenvalue weighted by Crippen LogP contribution is -2.25. The van der Waals surface area contributed by atoms with E-state index in [9.17, 15) is 5.11 Å². The highest BCUT2D eigenvalue weighted by Gasteiger charge is 2.27. The summed E-state index contributed by atoms with van der Waals surface area (Å²) in [6, 6.07) is 4.17. The van der Waals surface area contributed by atoms with Crippen molar-refractivity contribution >= 4 is 6.21 Å². The number of benzene rings is 1. The largest absolute Gasteiger partial charge is 0.507 e. The minimum atomic E-state index is -0.116. The van der Waals surface area contributed by atoms with Crippen LogP contribution in [0.1, 0.15) is 99.3 Å². The van der Waals surface area contributed by atoms with Crippen molar-refractivity contribution < 1.29 is 5.11 Å². The van der Waals surface area contributed by atoms with Crippen LogP contribution in [0.5, 0.6) is 5.75 Å². The first-order valence-electron chi connectivity index (χ1n) is 9.36. The third-order valence-electron chi connectivity index (χ3n) is 4.27. The quantitative estimate of drug-likeness (QED) is 0.613. The predicted molar refractivity (Wildman–Crippen MR) is 111 cm³/mol. The minimum absolute atomic E-state index is 0.111. The van der Waals surface area contributed by atoms with Crippen LogP contribution in [0, 0.1) is 5.41 Å². The number of aromatic hydroxyl groups is 1. The molecule has 142 valence electrons. The highest BCUT2D eigenvalue weighted by atomic mass is 16.3. The summed E-state index contributed by atoms with van der Waals surface area (Å²) in [5, 5.41) is 10.8. The monoisotopic (exact) mass is 345 g/mol. The lowest BCUT2D eigenvalue weighted by atomic mass is 9.78. The number of hydrogen-bond donors (Lipinski definition) is 1. The lowest BCUT2D eigenvalue weighted by molar-refractivity contribution is 0.289. The molecule has 0 aliphatic heterocycles. The molecule has 2 nitrogen and oxygen atoms in total. The van der Waals surface area contributed by atoms with Crippen molar-refractivity contribution in [1.82, 2.24) is 0 Å². The van der Waals surface area contributed by atoms with E-state index in [1.165, 1.54) is 0 Å². The Kier molecular flexibility index (Phi) is 5.89. The molecule has 1 N–H and O–H groups in total. The van der Waals surface area contributed by atoms with Crippen LogP contribution >= 0.6 is 0 Å². The summed E-state index contributed by atoms with van der Waals surface area (Å²) in [4.78, 5) is 4.88. The summed E-state index contributed by atoms with van der Waals surface area (Å²) in [6.07, 6.45) is 3.00. The zero-order valence-corrected chi connectivity index (χ0v) is 18.3. The van der Waals surface area contributed by atoms with Crippen LogP contribution in [0.15, 0.2) is 17.1 Å². The van der Waals surface area contributed by atoms with Gasteiger partial charge in [-0.25, -0.2) is 0 Å². The maximum atomic E-state index is 10.8. The number of rotatable bonds is 3. The van der Waals surface area contributed by atoms with Crippen molar-refractivity contribution in [3.63, 3.8) is 0 Å². The fraction of sp³-hybridized carbons (Fsp3) is 0.696. The Morgan fingerprint density at radius 2 is 1.20 bits per heavy atom. The summed E-state index contributed by atoms with van der Waals surface area (Å²) in [5.41, 5.74) is 2.92. The first-order valence-corrected chi connectivity index (χ1v) is 9.36. The Balaban J connectivity index is 3.40. The third-order valence-corrected chi connectivity index (χ3v) is 4.27. The number of aliphatic imine (C=N–C) groups is 1. The van der Waals surface area contributed by atoms with Gasteiger partial charge < -0.3 is 5.11 Å². The molecule has 0 heterocycles. The standard InChI is InChI=1S/C23H39NO/c1-20(2,3)15-23(10,11)24-14-16-12-17(21(4,5)6)19(25)18(13-16)22(7,8)9/h12-14,25H,15H2,1-11H3. The molecule has 1 aromatic rings. The van der Waals surface area contributed by atoms with Gasteiger partial charge in [0, 0.05) is 17.3 Å². The van der Waals surface area contributed by atoms with Gasteiger partial charge in [0.15, 0.2) is 0 Å². The molecule has 1 aromatic carbocycles. The van der Waals surface area contributed by atoms with Crippen LogP contribution in [0.25, 0.3) is 0 Å². The van der Waals surface area contributed by atoms with Crippen molar-refractivity contribution in [2.24, 2.45) is 10.4 Å². The smallest absolute Gasteiger partial charge is 0.123 e. The SMILES string of the molecule is CC(C)(C)CC(C)(C)N=Cc1cc(C(C)(C)C)c(O)c(C(C)(C)C)c1. The van der Waals surface area contributed by atoms with Gasteiger partial charge in [0.2, 0.25) is 0 Å². The van der Waals surface area contributed by atoms with Gasteiger partial charge in [-0.05, 0) is 54.2 Å². The molecule has 0 saturated carbocycles. The van der Waals surface area contributed by atoms with Crippen LogP contribution in [0.3, 0.4) is 0 Å². The molecule has 1 rings (SSSR count). The van der Waals surface area contributed by atoms with Crippen LogP contribution in [-0.4, -0.2) is 16.9 Å². The molecule has 0 spiro atoms. The van der Waals surface area contributed by atoms with Gasteiger partial charge in [-0.3, -0.25) is 4.99 Å². The Hall–Kier alpha value is -1.31. The van der Waals surface area contributed by atoms with Gasteiger partial charge in [0.1, 0.15) is 5.75 Å². The van der Waals surface area contributed by atoms with Gasteiger partial charge in [-0.1, -0.05) is 62.3 Å². The van der Waals surface area contributed by atoms with Gasteiger partial charge in [-0.2, -0.15) is 0 Å². The molecule has 25 heavy (non-hydrogen) atoms. The number of hydrogen-bond acceptors (Lipinski definition) is 2. The molecular formula is C23H39NO. The maximum absolute atomic E-state index is 10.8. The van der Waals surface area contributed by atoms with E-state index in [1.807, 2.05) is 6.21 Å². The summed E-state index contributed by atoms with van der Waals surface area (Å²) in [7, 11) is 0. The van der Waals surface area contributed by atoms with E-state index in [1.54, 1.807) is 0 Å². The average Bonchev–Trinajstić information content (AvgIpc) is 2.31. The van der Waals surface area contributed by atoms with E-state index in [-0.39, 0.29) is 21.8 Å². The van der Waals surface area contributed by atoms with E-state index in [0.29, 0.717) is 5.75 Å². The number of nitrogens with zero attached hydrogens (tertiary/aromatic N) is 1. The van der Waals surface area contributed by atoms with Crippen molar-refractivity contribution in [2.45, 2.75) is 99.0 Å². The topological polar surface area (TPSA) is 32.6 Å². The Morgan fingerprint density at radius 1 is 0.800 bits per heavy atom. The zero-order valence-electron chi connectivity index (χ0n) is 18.3. The predicted octanol–water partition coefficient (Wildman–Crippen LogP) is 6.62. The number of phenolic OH excluding ortho intramolecular Hbond substituents is 1. The lowest BCUT2D eigenvalue weighted by Gasteiger charge is -2.29. The highest BCUT2D eigenvalue weighted by Crippen LogP contribution is 2.39. The van der Waals surface area contributed by atoms with Crippen molar-refractivity contribution in [3.05, 3.63) is 28.8 Å². The van der Waals surface area contributed by atoms with Crippen LogP contribution in [0.2, 0.25) is 0 Å². The van der Waals surface area contributed by atoms with Crippen LogP contribution in [0.4, 0.5) is 0 Å². The second-order valence-electron chi connectivity index (χ2n) is 11.3. The maximum Gasteiger partial charge on any atom is 0.123 e. The van der Waals surface area contributed by atoms with Crippen molar-refractivity contribution in [3.8, 4) is 5.75 Å². The van der Waals surface area contributed by atoms with Gasteiger partial charge in [0.25, 0.3) is 0 Å². The molecule has 0 aliphatic carbocycles. The molecule has 0 atom stereocenters. The molecule has 2 heteroatoms. The summed E-state index contributed by atoms with van der Waals surface area (Å²) in [6.45, 7) is 23.9. The van der Waals surface area contributed by atoms with E-state index in [4.69, 9.17) is 4.99 Å². The fourth-order valence-corrected chi connectivity index (χ4v) is 3.47. The summed E-state index contributed by atoms with van der Waals surface area (Å²) >= 11 is 0. The van der Waals surface area contributed by atoms with E-state index >= 15 is 0 Å². The zero-order chi connectivity index (χ0) is 19.8. The van der Waals surface area contributed by atoms with Gasteiger partial charge in [0.05, 0.1) is 5.54 Å². The molecule has 0 unspecified atom stereocenters. The van der Waals surface area contributed by atoms with Gasteiger partial charge in [-0.15, -0.1) is 0 Å². The minimum Gasteiger partial charge on any atom is -0.507 e.